The zero-order valence-corrected chi connectivity index (χ0v) is 6.00. The first-order valence-corrected chi connectivity index (χ1v) is 2.86. The summed E-state index contributed by atoms with van der Waals surface area (Å²) in [5, 5.41) is 8.48. The quantitative estimate of drug-likeness (QED) is 0.250. The number of nitrogens with zero attached hydrogens (tertiary/aromatic N) is 1. The van der Waals surface area contributed by atoms with E-state index in [-0.39, 0.29) is 6.61 Å². The SMILES string of the molecule is C=C(CO)C/N=C(/C)ON. The summed E-state index contributed by atoms with van der Waals surface area (Å²) in [4.78, 5) is 8.10. The second-order valence-electron chi connectivity index (χ2n) is 1.86. The van der Waals surface area contributed by atoms with E-state index in [1.807, 2.05) is 0 Å². The van der Waals surface area contributed by atoms with Crippen LogP contribution in [0.3, 0.4) is 0 Å². The van der Waals surface area contributed by atoms with Gasteiger partial charge in [-0.1, -0.05) is 6.58 Å². The van der Waals surface area contributed by atoms with E-state index in [9.17, 15) is 0 Å². The third-order valence-corrected chi connectivity index (χ3v) is 0.919. The van der Waals surface area contributed by atoms with Crippen LogP contribution in [0, 0.1) is 0 Å². The molecule has 0 fully saturated rings. The highest BCUT2D eigenvalue weighted by Crippen LogP contribution is 1.88. The summed E-state index contributed by atoms with van der Waals surface area (Å²) < 4.78 is 0. The molecule has 0 saturated heterocycles. The van der Waals surface area contributed by atoms with Crippen LogP contribution in [-0.2, 0) is 4.84 Å². The van der Waals surface area contributed by atoms with Gasteiger partial charge in [0.15, 0.2) is 0 Å². The normalized spacial score (nSPS) is 11.3. The van der Waals surface area contributed by atoms with Crippen LogP contribution < -0.4 is 5.90 Å². The predicted molar refractivity (Wildman–Crippen MR) is 39.5 cm³/mol. The van der Waals surface area contributed by atoms with E-state index in [1.54, 1.807) is 6.92 Å². The van der Waals surface area contributed by atoms with E-state index in [0.29, 0.717) is 18.0 Å². The fourth-order valence-corrected chi connectivity index (χ4v) is 0.310. The lowest BCUT2D eigenvalue weighted by Crippen LogP contribution is -2.07. The van der Waals surface area contributed by atoms with Crippen molar-refractivity contribution in [2.45, 2.75) is 6.92 Å². The van der Waals surface area contributed by atoms with Crippen LogP contribution in [0.2, 0.25) is 0 Å². The molecule has 0 amide bonds. The van der Waals surface area contributed by atoms with Crippen LogP contribution >= 0.6 is 0 Å². The maximum Gasteiger partial charge on any atom is 0.206 e. The first-order valence-electron chi connectivity index (χ1n) is 2.86. The Balaban J connectivity index is 3.61. The van der Waals surface area contributed by atoms with Gasteiger partial charge in [-0.05, 0) is 5.57 Å². The Morgan fingerprint density at radius 3 is 2.80 bits per heavy atom. The summed E-state index contributed by atoms with van der Waals surface area (Å²) in [6.07, 6.45) is 0. The standard InChI is InChI=1S/C6H12N2O2/c1-5(4-9)3-8-6(2)10-7/h9H,1,3-4,7H2,2H3/b8-6-. The molecule has 3 N–H and O–H groups in total. The monoisotopic (exact) mass is 144 g/mol. The van der Waals surface area contributed by atoms with Crippen molar-refractivity contribution in [3.05, 3.63) is 12.2 Å². The number of aliphatic imine (C=N–C) groups is 1. The average Bonchev–Trinajstić information content (AvgIpc) is 1.99. The van der Waals surface area contributed by atoms with Gasteiger partial charge >= 0.3 is 0 Å². The van der Waals surface area contributed by atoms with Crippen molar-refractivity contribution in [3.8, 4) is 0 Å². The summed E-state index contributed by atoms with van der Waals surface area (Å²) in [7, 11) is 0. The van der Waals surface area contributed by atoms with E-state index in [2.05, 4.69) is 16.4 Å². The summed E-state index contributed by atoms with van der Waals surface area (Å²) >= 11 is 0. The molecule has 0 spiro atoms. The number of rotatable bonds is 3. The highest BCUT2D eigenvalue weighted by atomic mass is 16.6. The fourth-order valence-electron chi connectivity index (χ4n) is 0.310. The maximum absolute atomic E-state index is 8.48. The number of hydrogen-bond acceptors (Lipinski definition) is 4. The lowest BCUT2D eigenvalue weighted by Gasteiger charge is -1.97. The second kappa shape index (κ2) is 4.96. The Hall–Kier alpha value is -0.870. The predicted octanol–water partition coefficient (Wildman–Crippen LogP) is -0.156. The molecule has 0 radical (unpaired) electrons. The zero-order valence-electron chi connectivity index (χ0n) is 6.00. The maximum atomic E-state index is 8.48. The minimum atomic E-state index is -0.0542. The fraction of sp³-hybridized carbons (Fsp3) is 0.500. The third-order valence-electron chi connectivity index (χ3n) is 0.919. The van der Waals surface area contributed by atoms with Crippen molar-refractivity contribution >= 4 is 5.90 Å². The number of aliphatic hydroxyl groups is 1. The van der Waals surface area contributed by atoms with Gasteiger partial charge < -0.3 is 9.94 Å². The van der Waals surface area contributed by atoms with Crippen molar-refractivity contribution in [2.24, 2.45) is 10.9 Å². The van der Waals surface area contributed by atoms with Gasteiger partial charge in [-0.25, -0.2) is 4.99 Å². The first kappa shape index (κ1) is 9.13. The van der Waals surface area contributed by atoms with Gasteiger partial charge in [0.05, 0.1) is 13.2 Å². The Bertz CT molecular complexity index is 143. The number of hydrogen-bond donors (Lipinski definition) is 2. The molecule has 0 rings (SSSR count). The largest absolute Gasteiger partial charge is 0.397 e. The van der Waals surface area contributed by atoms with Crippen molar-refractivity contribution in [3.63, 3.8) is 0 Å². The zero-order chi connectivity index (χ0) is 7.98. The molecule has 0 atom stereocenters. The molecule has 0 bridgehead atoms. The summed E-state index contributed by atoms with van der Waals surface area (Å²) in [5.41, 5.74) is 0.636. The van der Waals surface area contributed by atoms with Crippen LogP contribution in [0.4, 0.5) is 0 Å². The van der Waals surface area contributed by atoms with Crippen LogP contribution in [0.1, 0.15) is 6.92 Å². The Labute approximate surface area is 60.0 Å². The Kier molecular flexibility index (Phi) is 4.53. The number of aliphatic hydroxyl groups excluding tert-OH is 1. The Morgan fingerprint density at radius 1 is 1.80 bits per heavy atom. The second-order valence-corrected chi connectivity index (χ2v) is 1.86. The average molecular weight is 144 g/mol. The van der Waals surface area contributed by atoms with Gasteiger partial charge in [0.25, 0.3) is 0 Å². The first-order chi connectivity index (χ1) is 4.70. The molecule has 0 aliphatic rings. The van der Waals surface area contributed by atoms with Gasteiger partial charge in [-0.3, -0.25) is 0 Å². The molecule has 0 aliphatic heterocycles. The minimum absolute atomic E-state index is 0.0542. The van der Waals surface area contributed by atoms with Crippen LogP contribution in [0.25, 0.3) is 0 Å². The van der Waals surface area contributed by atoms with Crippen molar-refractivity contribution in [1.29, 1.82) is 0 Å². The van der Waals surface area contributed by atoms with E-state index in [4.69, 9.17) is 11.0 Å². The van der Waals surface area contributed by atoms with Gasteiger partial charge in [0, 0.05) is 6.92 Å². The van der Waals surface area contributed by atoms with Gasteiger partial charge in [0.1, 0.15) is 0 Å². The molecule has 0 saturated carbocycles. The molecule has 0 aliphatic carbocycles. The molecule has 0 heterocycles. The molecular formula is C6H12N2O2. The number of nitrogens with two attached hydrogens (primary N) is 1. The summed E-state index contributed by atoms with van der Waals surface area (Å²) in [5.74, 6) is 5.16. The molecule has 0 aromatic heterocycles. The molecule has 0 aromatic carbocycles. The van der Waals surface area contributed by atoms with Crippen molar-refractivity contribution in [2.75, 3.05) is 13.2 Å². The van der Waals surface area contributed by atoms with Gasteiger partial charge in [-0.2, -0.15) is 5.90 Å². The molecular weight excluding hydrogens is 132 g/mol. The van der Waals surface area contributed by atoms with E-state index >= 15 is 0 Å². The molecule has 0 unspecified atom stereocenters. The van der Waals surface area contributed by atoms with E-state index in [0.717, 1.165) is 0 Å². The smallest absolute Gasteiger partial charge is 0.206 e. The van der Waals surface area contributed by atoms with Crippen LogP contribution in [0.15, 0.2) is 17.1 Å². The lowest BCUT2D eigenvalue weighted by atomic mass is 10.3. The minimum Gasteiger partial charge on any atom is -0.397 e. The highest BCUT2D eigenvalue weighted by molar-refractivity contribution is 5.72. The molecule has 10 heavy (non-hydrogen) atoms. The topological polar surface area (TPSA) is 67.8 Å². The third kappa shape index (κ3) is 4.05. The van der Waals surface area contributed by atoms with Crippen LogP contribution in [-0.4, -0.2) is 24.2 Å². The molecule has 0 aromatic rings. The molecule has 4 nitrogen and oxygen atoms in total. The van der Waals surface area contributed by atoms with E-state index < -0.39 is 0 Å². The Morgan fingerprint density at radius 2 is 2.40 bits per heavy atom. The lowest BCUT2D eigenvalue weighted by molar-refractivity contribution is 0.314. The highest BCUT2D eigenvalue weighted by Gasteiger charge is 1.90. The van der Waals surface area contributed by atoms with Crippen molar-refractivity contribution < 1.29 is 9.94 Å². The molecule has 4 heteroatoms. The van der Waals surface area contributed by atoms with Gasteiger partial charge in [-0.15, -0.1) is 0 Å². The van der Waals surface area contributed by atoms with Crippen molar-refractivity contribution in [1.82, 2.24) is 0 Å². The summed E-state index contributed by atoms with van der Waals surface area (Å²) in [6.45, 7) is 5.46. The molecule has 58 valence electrons. The van der Waals surface area contributed by atoms with Crippen LogP contribution in [0.5, 0.6) is 0 Å². The van der Waals surface area contributed by atoms with Gasteiger partial charge in [0.2, 0.25) is 5.90 Å². The summed E-state index contributed by atoms with van der Waals surface area (Å²) in [6, 6.07) is 0. The van der Waals surface area contributed by atoms with E-state index in [1.165, 1.54) is 0 Å².